The van der Waals surface area contributed by atoms with Gasteiger partial charge in [0.05, 0.1) is 5.75 Å². The molecule has 0 aromatic heterocycles. The van der Waals surface area contributed by atoms with E-state index in [9.17, 15) is 8.42 Å². The van der Waals surface area contributed by atoms with Crippen LogP contribution >= 0.6 is 0 Å². The van der Waals surface area contributed by atoms with Crippen molar-refractivity contribution in [3.8, 4) is 0 Å². The van der Waals surface area contributed by atoms with Gasteiger partial charge in [-0.1, -0.05) is 37.6 Å². The second-order valence-electron chi connectivity index (χ2n) is 3.79. The van der Waals surface area contributed by atoms with Gasteiger partial charge in [0.25, 0.3) is 0 Å². The van der Waals surface area contributed by atoms with Gasteiger partial charge in [-0.25, -0.2) is 13.1 Å². The molecule has 0 aliphatic carbocycles. The minimum Gasteiger partial charge on any atom is -0.212 e. The zero-order valence-corrected chi connectivity index (χ0v) is 10.7. The van der Waals surface area contributed by atoms with E-state index in [4.69, 9.17) is 0 Å². The summed E-state index contributed by atoms with van der Waals surface area (Å²) >= 11 is 0. The topological polar surface area (TPSA) is 46.2 Å². The first kappa shape index (κ1) is 13.2. The highest BCUT2D eigenvalue weighted by atomic mass is 32.2. The quantitative estimate of drug-likeness (QED) is 0.829. The lowest BCUT2D eigenvalue weighted by atomic mass is 10.1. The predicted octanol–water partition coefficient (Wildman–Crippen LogP) is 2.08. The largest absolute Gasteiger partial charge is 0.212 e. The zero-order chi connectivity index (χ0) is 12.0. The number of rotatable bonds is 6. The standard InChI is InChI=1S/C12H19NO2S/c1-3-5-11-6-8-12(9-7-11)10-13-16(14,15)4-2/h6-9,13H,3-5,10H2,1-2H3. The van der Waals surface area contributed by atoms with Gasteiger partial charge >= 0.3 is 0 Å². The van der Waals surface area contributed by atoms with Gasteiger partial charge in [0.2, 0.25) is 10.0 Å². The fraction of sp³-hybridized carbons (Fsp3) is 0.500. The van der Waals surface area contributed by atoms with Crippen LogP contribution in [0.15, 0.2) is 24.3 Å². The van der Waals surface area contributed by atoms with Crippen LogP contribution in [0, 0.1) is 0 Å². The Kier molecular flexibility index (Phi) is 4.96. The Labute approximate surface area is 97.9 Å². The first-order valence-electron chi connectivity index (χ1n) is 5.62. The average Bonchev–Trinajstić information content (AvgIpc) is 2.29. The lowest BCUT2D eigenvalue weighted by Crippen LogP contribution is -2.24. The normalized spacial score (nSPS) is 11.6. The molecule has 0 bridgehead atoms. The van der Waals surface area contributed by atoms with Gasteiger partial charge in [-0.3, -0.25) is 0 Å². The van der Waals surface area contributed by atoms with Crippen molar-refractivity contribution >= 4 is 10.0 Å². The Balaban J connectivity index is 2.56. The fourth-order valence-electron chi connectivity index (χ4n) is 1.41. The van der Waals surface area contributed by atoms with Crippen molar-refractivity contribution in [1.82, 2.24) is 4.72 Å². The second-order valence-corrected chi connectivity index (χ2v) is 5.89. The molecule has 0 fully saturated rings. The van der Waals surface area contributed by atoms with Crippen LogP contribution < -0.4 is 4.72 Å². The summed E-state index contributed by atoms with van der Waals surface area (Å²) in [6, 6.07) is 8.06. The van der Waals surface area contributed by atoms with E-state index in [1.165, 1.54) is 5.56 Å². The first-order chi connectivity index (χ1) is 7.57. The number of hydrogen-bond donors (Lipinski definition) is 1. The van der Waals surface area contributed by atoms with E-state index in [-0.39, 0.29) is 5.75 Å². The molecule has 1 aromatic rings. The summed E-state index contributed by atoms with van der Waals surface area (Å²) < 4.78 is 25.0. The van der Waals surface area contributed by atoms with Crippen molar-refractivity contribution in [2.24, 2.45) is 0 Å². The van der Waals surface area contributed by atoms with Gasteiger partial charge in [-0.15, -0.1) is 0 Å². The fourth-order valence-corrected chi connectivity index (χ4v) is 2.00. The summed E-state index contributed by atoms with van der Waals surface area (Å²) in [5, 5.41) is 0. The molecule has 1 aromatic carbocycles. The maximum absolute atomic E-state index is 11.2. The third-order valence-corrected chi connectivity index (χ3v) is 3.78. The molecular formula is C12H19NO2S. The van der Waals surface area contributed by atoms with Gasteiger partial charge in [0.1, 0.15) is 0 Å². The Morgan fingerprint density at radius 3 is 2.12 bits per heavy atom. The molecule has 3 nitrogen and oxygen atoms in total. The highest BCUT2D eigenvalue weighted by molar-refractivity contribution is 7.89. The second kappa shape index (κ2) is 6.01. The molecule has 0 saturated carbocycles. The van der Waals surface area contributed by atoms with Crippen LogP contribution in [-0.2, 0) is 23.0 Å². The van der Waals surface area contributed by atoms with Crippen molar-refractivity contribution in [3.05, 3.63) is 35.4 Å². The van der Waals surface area contributed by atoms with E-state index in [1.807, 2.05) is 12.1 Å². The predicted molar refractivity (Wildman–Crippen MR) is 66.7 cm³/mol. The molecule has 0 atom stereocenters. The summed E-state index contributed by atoms with van der Waals surface area (Å²) in [4.78, 5) is 0. The molecule has 0 aliphatic heterocycles. The summed E-state index contributed by atoms with van der Waals surface area (Å²) in [5.74, 6) is 0.126. The van der Waals surface area contributed by atoms with Crippen molar-refractivity contribution in [2.45, 2.75) is 33.2 Å². The van der Waals surface area contributed by atoms with Gasteiger partial charge in [-0.2, -0.15) is 0 Å². The van der Waals surface area contributed by atoms with E-state index in [1.54, 1.807) is 6.92 Å². The Hall–Kier alpha value is -0.870. The maximum atomic E-state index is 11.2. The van der Waals surface area contributed by atoms with E-state index in [0.717, 1.165) is 18.4 Å². The zero-order valence-electron chi connectivity index (χ0n) is 9.86. The molecule has 0 amide bonds. The van der Waals surface area contributed by atoms with E-state index >= 15 is 0 Å². The van der Waals surface area contributed by atoms with Crippen molar-refractivity contribution in [3.63, 3.8) is 0 Å². The molecule has 0 spiro atoms. The van der Waals surface area contributed by atoms with Crippen molar-refractivity contribution in [2.75, 3.05) is 5.75 Å². The number of aryl methyl sites for hydroxylation is 1. The molecule has 16 heavy (non-hydrogen) atoms. The Morgan fingerprint density at radius 2 is 1.62 bits per heavy atom. The molecule has 0 radical (unpaired) electrons. The number of sulfonamides is 1. The highest BCUT2D eigenvalue weighted by Gasteiger charge is 2.05. The van der Waals surface area contributed by atoms with Crippen LogP contribution in [0.4, 0.5) is 0 Å². The third-order valence-electron chi connectivity index (χ3n) is 2.44. The first-order valence-corrected chi connectivity index (χ1v) is 7.27. The van der Waals surface area contributed by atoms with Crippen LogP contribution in [0.25, 0.3) is 0 Å². The maximum Gasteiger partial charge on any atom is 0.211 e. The van der Waals surface area contributed by atoms with E-state index in [2.05, 4.69) is 23.8 Å². The number of nitrogens with one attached hydrogen (secondary N) is 1. The van der Waals surface area contributed by atoms with Gasteiger partial charge in [-0.05, 0) is 24.5 Å². The lowest BCUT2D eigenvalue weighted by Gasteiger charge is -2.05. The highest BCUT2D eigenvalue weighted by Crippen LogP contribution is 2.06. The van der Waals surface area contributed by atoms with Crippen LogP contribution in [0.3, 0.4) is 0 Å². The van der Waals surface area contributed by atoms with Gasteiger partial charge in [0.15, 0.2) is 0 Å². The Morgan fingerprint density at radius 1 is 1.06 bits per heavy atom. The number of benzene rings is 1. The van der Waals surface area contributed by atoms with Crippen LogP contribution in [-0.4, -0.2) is 14.2 Å². The molecular weight excluding hydrogens is 222 g/mol. The molecule has 0 heterocycles. The number of hydrogen-bond acceptors (Lipinski definition) is 2. The van der Waals surface area contributed by atoms with Gasteiger partial charge < -0.3 is 0 Å². The SMILES string of the molecule is CCCc1ccc(CNS(=O)(=O)CC)cc1. The molecule has 0 aliphatic rings. The molecule has 4 heteroatoms. The van der Waals surface area contributed by atoms with Crippen molar-refractivity contribution < 1.29 is 8.42 Å². The summed E-state index contributed by atoms with van der Waals surface area (Å²) in [5.41, 5.74) is 2.29. The molecule has 0 saturated heterocycles. The minimum atomic E-state index is -3.09. The monoisotopic (exact) mass is 241 g/mol. The Bertz CT molecular complexity index is 409. The van der Waals surface area contributed by atoms with Crippen LogP contribution in [0.5, 0.6) is 0 Å². The molecule has 0 unspecified atom stereocenters. The van der Waals surface area contributed by atoms with E-state index < -0.39 is 10.0 Å². The minimum absolute atomic E-state index is 0.126. The third kappa shape index (κ3) is 4.33. The van der Waals surface area contributed by atoms with Crippen molar-refractivity contribution in [1.29, 1.82) is 0 Å². The molecule has 90 valence electrons. The molecule has 1 rings (SSSR count). The van der Waals surface area contributed by atoms with Crippen LogP contribution in [0.2, 0.25) is 0 Å². The van der Waals surface area contributed by atoms with Gasteiger partial charge in [0, 0.05) is 6.54 Å². The van der Waals surface area contributed by atoms with E-state index in [0.29, 0.717) is 6.54 Å². The smallest absolute Gasteiger partial charge is 0.211 e. The summed E-state index contributed by atoms with van der Waals surface area (Å²) in [6.07, 6.45) is 2.20. The summed E-state index contributed by atoms with van der Waals surface area (Å²) in [6.45, 7) is 4.15. The molecule has 1 N–H and O–H groups in total. The average molecular weight is 241 g/mol. The lowest BCUT2D eigenvalue weighted by molar-refractivity contribution is 0.582. The van der Waals surface area contributed by atoms with Crippen LogP contribution in [0.1, 0.15) is 31.4 Å². The summed E-state index contributed by atoms with van der Waals surface area (Å²) in [7, 11) is -3.09.